The fraction of sp³-hybridized carbons (Fsp3) is 0.421. The van der Waals surface area contributed by atoms with Gasteiger partial charge in [0.25, 0.3) is 0 Å². The van der Waals surface area contributed by atoms with E-state index in [2.05, 4.69) is 20.1 Å². The zero-order chi connectivity index (χ0) is 19.0. The largest absolute Gasteiger partial charge is 0.497 e. The van der Waals surface area contributed by atoms with E-state index in [0.29, 0.717) is 28.8 Å². The summed E-state index contributed by atoms with van der Waals surface area (Å²) in [6.45, 7) is 4.08. The first kappa shape index (κ1) is 17.7. The lowest BCUT2D eigenvalue weighted by atomic mass is 9.99. The van der Waals surface area contributed by atoms with Gasteiger partial charge in [-0.3, -0.25) is 0 Å². The van der Waals surface area contributed by atoms with E-state index in [0.717, 1.165) is 12.8 Å². The van der Waals surface area contributed by atoms with Crippen molar-refractivity contribution in [1.82, 2.24) is 24.7 Å². The highest BCUT2D eigenvalue weighted by molar-refractivity contribution is 5.60. The molecular weight excluding hydrogens is 349 g/mol. The number of benzene rings is 1. The maximum atomic E-state index is 14.8. The first-order chi connectivity index (χ1) is 13.0. The molecule has 8 heteroatoms. The van der Waals surface area contributed by atoms with Crippen LogP contribution in [0, 0.1) is 5.82 Å². The second-order valence-corrected chi connectivity index (χ2v) is 6.87. The molecule has 4 rings (SSSR count). The van der Waals surface area contributed by atoms with E-state index in [4.69, 9.17) is 9.47 Å². The molecule has 0 bridgehead atoms. The monoisotopic (exact) mass is 371 g/mol. The minimum atomic E-state index is -0.401. The van der Waals surface area contributed by atoms with Crippen LogP contribution in [-0.2, 0) is 4.74 Å². The Bertz CT molecular complexity index is 914. The summed E-state index contributed by atoms with van der Waals surface area (Å²) in [7, 11) is 1.51. The van der Waals surface area contributed by atoms with Crippen molar-refractivity contribution in [2.24, 2.45) is 0 Å². The summed E-state index contributed by atoms with van der Waals surface area (Å²) in [5.41, 5.74) is 0.382. The minimum absolute atomic E-state index is 0.0662. The van der Waals surface area contributed by atoms with E-state index in [-0.39, 0.29) is 18.2 Å². The summed E-state index contributed by atoms with van der Waals surface area (Å²) in [6, 6.07) is 4.82. The molecular formula is C19H22FN5O2. The van der Waals surface area contributed by atoms with Gasteiger partial charge in [0.05, 0.1) is 30.9 Å². The Kier molecular flexibility index (Phi) is 4.65. The summed E-state index contributed by atoms with van der Waals surface area (Å²) in [5.74, 6) is 1.53. The van der Waals surface area contributed by atoms with Crippen molar-refractivity contribution in [2.45, 2.75) is 44.9 Å². The van der Waals surface area contributed by atoms with Gasteiger partial charge < -0.3 is 14.5 Å². The molecule has 1 aliphatic rings. The lowest BCUT2D eigenvalue weighted by Gasteiger charge is -2.32. The number of aromatic amines is 1. The maximum absolute atomic E-state index is 14.8. The number of methoxy groups -OCH3 is 1. The summed E-state index contributed by atoms with van der Waals surface area (Å²) in [6.07, 6.45) is 5.13. The quantitative estimate of drug-likeness (QED) is 0.758. The molecule has 2 unspecified atom stereocenters. The van der Waals surface area contributed by atoms with Crippen molar-refractivity contribution in [3.63, 3.8) is 0 Å². The summed E-state index contributed by atoms with van der Waals surface area (Å²) in [4.78, 5) is 11.8. The van der Waals surface area contributed by atoms with Gasteiger partial charge in [-0.25, -0.2) is 19.0 Å². The Labute approximate surface area is 156 Å². The van der Waals surface area contributed by atoms with Crippen LogP contribution in [0.4, 0.5) is 4.39 Å². The molecule has 142 valence electrons. The Morgan fingerprint density at radius 3 is 2.67 bits per heavy atom. The molecule has 3 aromatic rings. The normalized spacial score (nSPS) is 22.7. The molecule has 2 atom stereocenters. The molecule has 0 saturated carbocycles. The van der Waals surface area contributed by atoms with Crippen molar-refractivity contribution in [2.75, 3.05) is 7.11 Å². The molecule has 0 amide bonds. The smallest absolute Gasteiger partial charge is 0.217 e. The second-order valence-electron chi connectivity index (χ2n) is 6.87. The van der Waals surface area contributed by atoms with Gasteiger partial charge in [0, 0.05) is 18.5 Å². The van der Waals surface area contributed by atoms with Crippen LogP contribution in [0.15, 0.2) is 30.6 Å². The van der Waals surface area contributed by atoms with Crippen molar-refractivity contribution >= 4 is 0 Å². The molecule has 1 aromatic carbocycles. The Hall–Kier alpha value is -2.74. The van der Waals surface area contributed by atoms with E-state index in [9.17, 15) is 4.39 Å². The number of hydrogen-bond acceptors (Lipinski definition) is 5. The number of halogens is 1. The second kappa shape index (κ2) is 7.11. The van der Waals surface area contributed by atoms with E-state index in [1.165, 1.54) is 13.2 Å². The average Bonchev–Trinajstić information content (AvgIpc) is 3.30. The number of aromatic nitrogens is 5. The number of nitrogens with one attached hydrogen (secondary N) is 1. The molecule has 1 saturated heterocycles. The third-order valence-corrected chi connectivity index (χ3v) is 4.78. The Morgan fingerprint density at radius 1 is 1.26 bits per heavy atom. The van der Waals surface area contributed by atoms with Crippen molar-refractivity contribution in [3.8, 4) is 28.8 Å². The van der Waals surface area contributed by atoms with Gasteiger partial charge in [0.15, 0.2) is 11.6 Å². The lowest BCUT2D eigenvalue weighted by molar-refractivity contribution is -0.0503. The van der Waals surface area contributed by atoms with Crippen LogP contribution >= 0.6 is 0 Å². The summed E-state index contributed by atoms with van der Waals surface area (Å²) < 4.78 is 27.5. The number of imidazole rings is 1. The van der Waals surface area contributed by atoms with Gasteiger partial charge in [-0.05, 0) is 38.8 Å². The zero-order valence-electron chi connectivity index (χ0n) is 15.5. The van der Waals surface area contributed by atoms with E-state index >= 15 is 0 Å². The first-order valence-electron chi connectivity index (χ1n) is 9.00. The summed E-state index contributed by atoms with van der Waals surface area (Å²) >= 11 is 0. The standard InChI is InChI=1S/C19H22FN5O2/c1-11-8-13(9-12(2)27-11)25-19(15-5-4-14(26-3)10-16(15)20)23-18(24-25)17-21-6-7-22-17/h4-7,10-13H,8-9H2,1-3H3,(H,21,22). The molecule has 3 heterocycles. The molecule has 1 aliphatic heterocycles. The third kappa shape index (κ3) is 3.44. The fourth-order valence-electron chi connectivity index (χ4n) is 3.62. The van der Waals surface area contributed by atoms with Gasteiger partial charge in [0.1, 0.15) is 11.6 Å². The van der Waals surface area contributed by atoms with Crippen LogP contribution in [0.1, 0.15) is 32.7 Å². The first-order valence-corrected chi connectivity index (χ1v) is 9.00. The van der Waals surface area contributed by atoms with E-state index < -0.39 is 5.82 Å². The number of ether oxygens (including phenoxy) is 2. The van der Waals surface area contributed by atoms with Gasteiger partial charge in [-0.2, -0.15) is 0 Å². The van der Waals surface area contributed by atoms with E-state index in [1.54, 1.807) is 24.5 Å². The van der Waals surface area contributed by atoms with Crippen molar-refractivity contribution in [3.05, 3.63) is 36.4 Å². The van der Waals surface area contributed by atoms with Crippen LogP contribution in [-0.4, -0.2) is 44.1 Å². The number of nitrogens with zero attached hydrogens (tertiary/aromatic N) is 4. The predicted octanol–water partition coefficient (Wildman–Crippen LogP) is 3.61. The maximum Gasteiger partial charge on any atom is 0.217 e. The van der Waals surface area contributed by atoms with Crippen LogP contribution < -0.4 is 4.74 Å². The highest BCUT2D eigenvalue weighted by atomic mass is 19.1. The van der Waals surface area contributed by atoms with Gasteiger partial charge in [0.2, 0.25) is 5.82 Å². The Morgan fingerprint density at radius 2 is 2.04 bits per heavy atom. The van der Waals surface area contributed by atoms with Crippen LogP contribution in [0.2, 0.25) is 0 Å². The minimum Gasteiger partial charge on any atom is -0.497 e. The van der Waals surface area contributed by atoms with Gasteiger partial charge >= 0.3 is 0 Å². The van der Waals surface area contributed by atoms with Crippen molar-refractivity contribution in [1.29, 1.82) is 0 Å². The van der Waals surface area contributed by atoms with Crippen LogP contribution in [0.3, 0.4) is 0 Å². The number of H-pyrrole nitrogens is 1. The predicted molar refractivity (Wildman–Crippen MR) is 97.8 cm³/mol. The van der Waals surface area contributed by atoms with E-state index in [1.807, 2.05) is 18.5 Å². The molecule has 1 fully saturated rings. The molecule has 1 N–H and O–H groups in total. The number of rotatable bonds is 4. The van der Waals surface area contributed by atoms with Gasteiger partial charge in [-0.15, -0.1) is 5.10 Å². The fourth-order valence-corrected chi connectivity index (χ4v) is 3.62. The SMILES string of the molecule is COc1ccc(-c2nc(-c3ncc[nH]3)nn2C2CC(C)OC(C)C2)c(F)c1. The van der Waals surface area contributed by atoms with Gasteiger partial charge in [-0.1, -0.05) is 0 Å². The highest BCUT2D eigenvalue weighted by Crippen LogP contribution is 2.34. The van der Waals surface area contributed by atoms with Crippen LogP contribution in [0.25, 0.3) is 23.0 Å². The highest BCUT2D eigenvalue weighted by Gasteiger charge is 2.30. The summed E-state index contributed by atoms with van der Waals surface area (Å²) in [5, 5.41) is 4.66. The molecule has 7 nitrogen and oxygen atoms in total. The lowest BCUT2D eigenvalue weighted by Crippen LogP contribution is -2.31. The molecule has 0 spiro atoms. The molecule has 0 aliphatic carbocycles. The molecule has 27 heavy (non-hydrogen) atoms. The molecule has 2 aromatic heterocycles. The van der Waals surface area contributed by atoms with Crippen molar-refractivity contribution < 1.29 is 13.9 Å². The topological polar surface area (TPSA) is 77.9 Å². The number of hydrogen-bond donors (Lipinski definition) is 1. The third-order valence-electron chi connectivity index (χ3n) is 4.78. The Balaban J connectivity index is 1.82. The average molecular weight is 371 g/mol. The van der Waals surface area contributed by atoms with Crippen LogP contribution in [0.5, 0.6) is 5.75 Å². The zero-order valence-corrected chi connectivity index (χ0v) is 15.5. The molecule has 0 radical (unpaired) electrons.